The van der Waals surface area contributed by atoms with Crippen molar-refractivity contribution in [2.75, 3.05) is 26.4 Å². The Labute approximate surface area is 177 Å². The van der Waals surface area contributed by atoms with Crippen LogP contribution in [0.15, 0.2) is 36.1 Å². The fraction of sp³-hybridized carbons (Fsp3) is 0.550. The summed E-state index contributed by atoms with van der Waals surface area (Å²) >= 11 is 0. The molecule has 0 aromatic heterocycles. The van der Waals surface area contributed by atoms with Gasteiger partial charge in [0.1, 0.15) is 0 Å². The number of rotatable bonds is 10. The van der Waals surface area contributed by atoms with Crippen molar-refractivity contribution in [2.45, 2.75) is 40.5 Å². The van der Waals surface area contributed by atoms with Crippen molar-refractivity contribution >= 4 is 17.9 Å². The summed E-state index contributed by atoms with van der Waals surface area (Å²) in [6.07, 6.45) is 2.59. The lowest BCUT2D eigenvalue weighted by molar-refractivity contribution is -0.133. The summed E-state index contributed by atoms with van der Waals surface area (Å²) in [5.74, 6) is -2.86. The molecule has 10 heteroatoms. The average molecular weight is 436 g/mol. The number of hydrogen-bond donors (Lipinski definition) is 6. The first-order chi connectivity index (χ1) is 13.8. The highest BCUT2D eigenvalue weighted by Crippen LogP contribution is 2.02. The SMILES string of the molecule is C=C(C)C(=O)O.C=C(C)C(=O)O.CCOC=C(C)C(=O)O.OCCCC(CO)CO. The van der Waals surface area contributed by atoms with Crippen molar-refractivity contribution in [3.8, 4) is 0 Å². The Morgan fingerprint density at radius 1 is 0.867 bits per heavy atom. The van der Waals surface area contributed by atoms with Crippen LogP contribution in [0.25, 0.3) is 0 Å². The molecule has 0 rings (SSSR count). The number of carbonyl (C=O) groups is 3. The minimum absolute atomic E-state index is 0.0104. The van der Waals surface area contributed by atoms with E-state index in [2.05, 4.69) is 13.2 Å². The molecule has 0 aliphatic rings. The number of aliphatic hydroxyl groups is 3. The molecule has 10 nitrogen and oxygen atoms in total. The van der Waals surface area contributed by atoms with Crippen LogP contribution < -0.4 is 0 Å². The van der Waals surface area contributed by atoms with Crippen molar-refractivity contribution < 1.29 is 49.8 Å². The molecule has 0 aliphatic heterocycles. The first kappa shape index (κ1) is 34.8. The van der Waals surface area contributed by atoms with Gasteiger partial charge in [-0.1, -0.05) is 13.2 Å². The lowest BCUT2D eigenvalue weighted by atomic mass is 10.1. The van der Waals surface area contributed by atoms with Crippen LogP contribution >= 0.6 is 0 Å². The predicted molar refractivity (Wildman–Crippen MR) is 112 cm³/mol. The molecule has 0 spiro atoms. The predicted octanol–water partition coefficient (Wildman–Crippen LogP) is 1.67. The zero-order valence-electron chi connectivity index (χ0n) is 18.1. The van der Waals surface area contributed by atoms with E-state index >= 15 is 0 Å². The molecule has 0 aromatic carbocycles. The summed E-state index contributed by atoms with van der Waals surface area (Å²) < 4.78 is 4.71. The Bertz CT molecular complexity index is 486. The third-order valence-corrected chi connectivity index (χ3v) is 2.78. The number of ether oxygens (including phenoxy) is 1. The summed E-state index contributed by atoms with van der Waals surface area (Å²) in [5, 5.41) is 49.4. The molecule has 0 unspecified atom stereocenters. The van der Waals surface area contributed by atoms with Crippen molar-refractivity contribution in [3.63, 3.8) is 0 Å². The molecule has 0 amide bonds. The van der Waals surface area contributed by atoms with Gasteiger partial charge in [-0.05, 0) is 40.5 Å². The molecule has 0 saturated heterocycles. The lowest BCUT2D eigenvalue weighted by Crippen LogP contribution is -2.11. The summed E-state index contributed by atoms with van der Waals surface area (Å²) in [7, 11) is 0. The molecule has 0 saturated carbocycles. The highest BCUT2D eigenvalue weighted by Gasteiger charge is 2.03. The number of hydrogen-bond acceptors (Lipinski definition) is 7. The van der Waals surface area contributed by atoms with Gasteiger partial charge in [-0.3, -0.25) is 0 Å². The van der Waals surface area contributed by atoms with Crippen molar-refractivity contribution in [1.82, 2.24) is 0 Å². The van der Waals surface area contributed by atoms with Crippen LogP contribution in [-0.4, -0.2) is 75.0 Å². The van der Waals surface area contributed by atoms with Crippen LogP contribution in [0.5, 0.6) is 0 Å². The quantitative estimate of drug-likeness (QED) is 0.217. The molecule has 0 radical (unpaired) electrons. The summed E-state index contributed by atoms with van der Waals surface area (Å²) in [5.41, 5.74) is 0.571. The monoisotopic (exact) mass is 436 g/mol. The molecule has 0 aliphatic carbocycles. The molecule has 0 aromatic rings. The van der Waals surface area contributed by atoms with E-state index < -0.39 is 17.9 Å². The highest BCUT2D eigenvalue weighted by atomic mass is 16.5. The molecule has 0 fully saturated rings. The normalized spacial score (nSPS) is 9.53. The fourth-order valence-corrected chi connectivity index (χ4v) is 0.879. The van der Waals surface area contributed by atoms with Crippen LogP contribution in [0.1, 0.15) is 40.5 Å². The van der Waals surface area contributed by atoms with E-state index in [1.807, 2.05) is 0 Å². The second-order valence-corrected chi connectivity index (χ2v) is 5.83. The third kappa shape index (κ3) is 32.9. The Morgan fingerprint density at radius 3 is 1.43 bits per heavy atom. The minimum atomic E-state index is -0.941. The second-order valence-electron chi connectivity index (χ2n) is 5.83. The molecular weight excluding hydrogens is 400 g/mol. The van der Waals surface area contributed by atoms with Gasteiger partial charge >= 0.3 is 17.9 Å². The average Bonchev–Trinajstić information content (AvgIpc) is 2.68. The maximum absolute atomic E-state index is 10.1. The van der Waals surface area contributed by atoms with Gasteiger partial charge < -0.3 is 35.4 Å². The van der Waals surface area contributed by atoms with Gasteiger partial charge in [-0.15, -0.1) is 0 Å². The van der Waals surface area contributed by atoms with Gasteiger partial charge in [0.25, 0.3) is 0 Å². The first-order valence-electron chi connectivity index (χ1n) is 8.93. The Balaban J connectivity index is -0.000000153. The molecule has 176 valence electrons. The maximum Gasteiger partial charge on any atom is 0.334 e. The van der Waals surface area contributed by atoms with Gasteiger partial charge in [-0.25, -0.2) is 14.4 Å². The summed E-state index contributed by atoms with van der Waals surface area (Å²) in [6, 6.07) is 0. The maximum atomic E-state index is 10.1. The molecule has 0 atom stereocenters. The lowest BCUT2D eigenvalue weighted by Gasteiger charge is -2.07. The third-order valence-electron chi connectivity index (χ3n) is 2.78. The van der Waals surface area contributed by atoms with Gasteiger partial charge in [-0.2, -0.15) is 0 Å². The van der Waals surface area contributed by atoms with E-state index in [4.69, 9.17) is 35.4 Å². The molecule has 0 bridgehead atoms. The van der Waals surface area contributed by atoms with Crippen molar-refractivity contribution in [2.24, 2.45) is 5.92 Å². The number of aliphatic carboxylic acids is 3. The smallest absolute Gasteiger partial charge is 0.334 e. The van der Waals surface area contributed by atoms with Crippen LogP contribution in [0.4, 0.5) is 0 Å². The van der Waals surface area contributed by atoms with Crippen molar-refractivity contribution in [3.05, 3.63) is 36.1 Å². The Morgan fingerprint density at radius 2 is 1.23 bits per heavy atom. The highest BCUT2D eigenvalue weighted by molar-refractivity contribution is 5.85. The van der Waals surface area contributed by atoms with Gasteiger partial charge in [0.15, 0.2) is 0 Å². The zero-order chi connectivity index (χ0) is 24.7. The topological polar surface area (TPSA) is 182 Å². The molecular formula is C20H36O10. The van der Waals surface area contributed by atoms with E-state index in [9.17, 15) is 14.4 Å². The molecule has 0 heterocycles. The fourth-order valence-electron chi connectivity index (χ4n) is 0.879. The van der Waals surface area contributed by atoms with Gasteiger partial charge in [0.2, 0.25) is 0 Å². The second kappa shape index (κ2) is 24.3. The summed E-state index contributed by atoms with van der Waals surface area (Å²) in [6.45, 7) is 13.1. The van der Waals surface area contributed by atoms with Gasteiger partial charge in [0, 0.05) is 36.9 Å². The first-order valence-corrected chi connectivity index (χ1v) is 8.93. The number of carboxylic acid groups (broad SMARTS) is 3. The Kier molecular flexibility index (Phi) is 28.2. The van der Waals surface area contributed by atoms with Crippen LogP contribution in [0, 0.1) is 5.92 Å². The van der Waals surface area contributed by atoms with Crippen LogP contribution in [0.3, 0.4) is 0 Å². The van der Waals surface area contributed by atoms with Crippen LogP contribution in [0.2, 0.25) is 0 Å². The zero-order valence-corrected chi connectivity index (χ0v) is 18.1. The minimum Gasteiger partial charge on any atom is -0.501 e. The van der Waals surface area contributed by atoms with E-state index in [-0.39, 0.29) is 42.5 Å². The number of carboxylic acids is 3. The Hall–Kier alpha value is -2.69. The van der Waals surface area contributed by atoms with Crippen molar-refractivity contribution in [1.29, 1.82) is 0 Å². The number of aliphatic hydroxyl groups excluding tert-OH is 3. The van der Waals surface area contributed by atoms with Crippen LogP contribution in [-0.2, 0) is 19.1 Å². The standard InChI is InChI=1S/C6H10O3.C6H14O3.2C4H6O2/c1-3-9-4-5(2)6(7)8;7-3-1-2-6(4-8)5-9;2*1-3(2)4(5)6/h4H,3H2,1-2H3,(H,7,8);6-9H,1-5H2;2*1H2,2H3,(H,5,6). The van der Waals surface area contributed by atoms with E-state index in [1.165, 1.54) is 27.0 Å². The largest absolute Gasteiger partial charge is 0.501 e. The van der Waals surface area contributed by atoms with E-state index in [0.29, 0.717) is 19.4 Å². The van der Waals surface area contributed by atoms with E-state index in [0.717, 1.165) is 0 Å². The summed E-state index contributed by atoms with van der Waals surface area (Å²) in [4.78, 5) is 29.3. The molecule has 30 heavy (non-hydrogen) atoms. The van der Waals surface area contributed by atoms with E-state index in [1.54, 1.807) is 6.92 Å². The van der Waals surface area contributed by atoms with Gasteiger partial charge in [0.05, 0.1) is 18.4 Å². The molecule has 6 N–H and O–H groups in total.